The second-order valence-electron chi connectivity index (χ2n) is 4.77. The van der Waals surface area contributed by atoms with Crippen LogP contribution in [0.4, 0.5) is 0 Å². The topological polar surface area (TPSA) is 32.3 Å². The highest BCUT2D eigenvalue weighted by Crippen LogP contribution is 2.10. The van der Waals surface area contributed by atoms with Gasteiger partial charge in [-0.25, -0.2) is 0 Å². The van der Waals surface area contributed by atoms with Crippen LogP contribution in [0.2, 0.25) is 0 Å². The van der Waals surface area contributed by atoms with Crippen molar-refractivity contribution in [3.63, 3.8) is 0 Å². The molecule has 1 rings (SSSR count). The zero-order valence-corrected chi connectivity index (χ0v) is 10.8. The molecule has 0 bridgehead atoms. The molecule has 1 amide bonds. The van der Waals surface area contributed by atoms with E-state index < -0.39 is 0 Å². The second-order valence-corrected chi connectivity index (χ2v) is 4.77. The average Bonchev–Trinajstić information content (AvgIpc) is 2.56. The van der Waals surface area contributed by atoms with Gasteiger partial charge in [-0.05, 0) is 32.7 Å². The van der Waals surface area contributed by atoms with Gasteiger partial charge in [0.25, 0.3) is 0 Å². The molecule has 94 valence electrons. The molecular weight excluding hydrogens is 200 g/mol. The number of nitrogens with zero attached hydrogens (tertiary/aromatic N) is 1. The summed E-state index contributed by atoms with van der Waals surface area (Å²) in [5.41, 5.74) is 0. The number of hydrogen-bond donors (Lipinski definition) is 1. The van der Waals surface area contributed by atoms with E-state index in [-0.39, 0.29) is 11.9 Å². The first-order valence-electron chi connectivity index (χ1n) is 6.78. The molecular formula is C13H26N2O. The zero-order valence-electron chi connectivity index (χ0n) is 10.8. The molecule has 3 nitrogen and oxygen atoms in total. The molecule has 0 saturated carbocycles. The van der Waals surface area contributed by atoms with E-state index >= 15 is 0 Å². The van der Waals surface area contributed by atoms with Crippen LogP contribution < -0.4 is 5.32 Å². The molecule has 0 aromatic rings. The zero-order chi connectivity index (χ0) is 11.8. The lowest BCUT2D eigenvalue weighted by Crippen LogP contribution is -2.45. The Morgan fingerprint density at radius 2 is 1.88 bits per heavy atom. The van der Waals surface area contributed by atoms with Crippen molar-refractivity contribution < 1.29 is 4.79 Å². The quantitative estimate of drug-likeness (QED) is 0.729. The number of carbonyl (C=O) groups is 1. The van der Waals surface area contributed by atoms with E-state index in [1.54, 1.807) is 0 Å². The molecule has 0 radical (unpaired) electrons. The highest BCUT2D eigenvalue weighted by molar-refractivity contribution is 5.81. The van der Waals surface area contributed by atoms with Gasteiger partial charge in [0, 0.05) is 13.1 Å². The van der Waals surface area contributed by atoms with Gasteiger partial charge in [0.05, 0.1) is 6.04 Å². The van der Waals surface area contributed by atoms with E-state index in [4.69, 9.17) is 0 Å². The van der Waals surface area contributed by atoms with Crippen LogP contribution in [0.3, 0.4) is 0 Å². The summed E-state index contributed by atoms with van der Waals surface area (Å²) in [6.45, 7) is 7.03. The second kappa shape index (κ2) is 7.66. The molecule has 3 heteroatoms. The molecule has 16 heavy (non-hydrogen) atoms. The third-order valence-corrected chi connectivity index (χ3v) is 3.27. The Hall–Kier alpha value is -0.570. The summed E-state index contributed by atoms with van der Waals surface area (Å²) in [6, 6.07) is -0.00958. The summed E-state index contributed by atoms with van der Waals surface area (Å²) in [4.78, 5) is 14.1. The van der Waals surface area contributed by atoms with E-state index in [0.717, 1.165) is 26.1 Å². The third-order valence-electron chi connectivity index (χ3n) is 3.27. The van der Waals surface area contributed by atoms with Gasteiger partial charge in [0.1, 0.15) is 0 Å². The highest BCUT2D eigenvalue weighted by atomic mass is 16.2. The van der Waals surface area contributed by atoms with E-state index in [0.29, 0.717) is 0 Å². The van der Waals surface area contributed by atoms with Crippen molar-refractivity contribution in [2.24, 2.45) is 0 Å². The first-order chi connectivity index (χ1) is 7.75. The van der Waals surface area contributed by atoms with E-state index in [1.165, 1.54) is 32.1 Å². The van der Waals surface area contributed by atoms with Crippen LogP contribution in [-0.4, -0.2) is 36.5 Å². The van der Waals surface area contributed by atoms with Crippen LogP contribution >= 0.6 is 0 Å². The first kappa shape index (κ1) is 13.5. The Morgan fingerprint density at radius 3 is 2.44 bits per heavy atom. The number of likely N-dealkylation sites (tertiary alicyclic amines) is 1. The standard InChI is InChI=1S/C13H26N2O/c1-3-4-9-14-12(2)13(16)15-10-7-5-6-8-11-15/h12,14H,3-11H2,1-2H3. The molecule has 0 spiro atoms. The van der Waals surface area contributed by atoms with Crippen LogP contribution in [0.25, 0.3) is 0 Å². The Morgan fingerprint density at radius 1 is 1.25 bits per heavy atom. The van der Waals surface area contributed by atoms with Crippen molar-refractivity contribution in [1.29, 1.82) is 0 Å². The van der Waals surface area contributed by atoms with Crippen LogP contribution in [-0.2, 0) is 4.79 Å². The van der Waals surface area contributed by atoms with E-state index in [9.17, 15) is 4.79 Å². The Labute approximate surface area is 99.6 Å². The number of unbranched alkanes of at least 4 members (excludes halogenated alkanes) is 1. The number of carbonyl (C=O) groups excluding carboxylic acids is 1. The molecule has 1 atom stereocenters. The van der Waals surface area contributed by atoms with Crippen molar-refractivity contribution in [3.8, 4) is 0 Å². The number of amides is 1. The lowest BCUT2D eigenvalue weighted by Gasteiger charge is -2.24. The lowest BCUT2D eigenvalue weighted by atomic mass is 10.2. The van der Waals surface area contributed by atoms with Gasteiger partial charge in [-0.15, -0.1) is 0 Å². The molecule has 1 saturated heterocycles. The fourth-order valence-electron chi connectivity index (χ4n) is 2.15. The third kappa shape index (κ3) is 4.52. The molecule has 1 aliphatic rings. The average molecular weight is 226 g/mol. The van der Waals surface area contributed by atoms with Gasteiger partial charge in [-0.1, -0.05) is 26.2 Å². The lowest BCUT2D eigenvalue weighted by molar-refractivity contribution is -0.133. The van der Waals surface area contributed by atoms with Crippen molar-refractivity contribution in [1.82, 2.24) is 10.2 Å². The van der Waals surface area contributed by atoms with Crippen molar-refractivity contribution in [2.45, 2.75) is 58.4 Å². The number of rotatable bonds is 5. The molecule has 1 fully saturated rings. The summed E-state index contributed by atoms with van der Waals surface area (Å²) < 4.78 is 0. The maximum Gasteiger partial charge on any atom is 0.239 e. The predicted molar refractivity (Wildman–Crippen MR) is 67.4 cm³/mol. The van der Waals surface area contributed by atoms with Crippen LogP contribution in [0.15, 0.2) is 0 Å². The minimum Gasteiger partial charge on any atom is -0.341 e. The Bertz CT molecular complexity index is 198. The molecule has 0 aromatic heterocycles. The SMILES string of the molecule is CCCCNC(C)C(=O)N1CCCCCC1. The van der Waals surface area contributed by atoms with E-state index in [1.807, 2.05) is 11.8 Å². The monoisotopic (exact) mass is 226 g/mol. The smallest absolute Gasteiger partial charge is 0.239 e. The molecule has 1 heterocycles. The fourth-order valence-corrected chi connectivity index (χ4v) is 2.15. The maximum atomic E-state index is 12.1. The Kier molecular flexibility index (Phi) is 6.46. The van der Waals surface area contributed by atoms with Gasteiger partial charge in [0.2, 0.25) is 5.91 Å². The summed E-state index contributed by atoms with van der Waals surface area (Å²) in [5, 5.41) is 3.31. The molecule has 0 aliphatic carbocycles. The van der Waals surface area contributed by atoms with Crippen LogP contribution in [0, 0.1) is 0 Å². The molecule has 1 N–H and O–H groups in total. The summed E-state index contributed by atoms with van der Waals surface area (Å²) in [5.74, 6) is 0.290. The number of nitrogens with one attached hydrogen (secondary N) is 1. The van der Waals surface area contributed by atoms with Gasteiger partial charge in [-0.2, -0.15) is 0 Å². The minimum absolute atomic E-state index is 0.00958. The largest absolute Gasteiger partial charge is 0.341 e. The Balaban J connectivity index is 2.30. The maximum absolute atomic E-state index is 12.1. The highest BCUT2D eigenvalue weighted by Gasteiger charge is 2.20. The number of hydrogen-bond acceptors (Lipinski definition) is 2. The predicted octanol–water partition coefficient (Wildman–Crippen LogP) is 2.17. The van der Waals surface area contributed by atoms with Crippen LogP contribution in [0.5, 0.6) is 0 Å². The first-order valence-corrected chi connectivity index (χ1v) is 6.78. The molecule has 1 unspecified atom stereocenters. The summed E-state index contributed by atoms with van der Waals surface area (Å²) in [6.07, 6.45) is 7.24. The van der Waals surface area contributed by atoms with Crippen molar-refractivity contribution in [2.75, 3.05) is 19.6 Å². The fraction of sp³-hybridized carbons (Fsp3) is 0.923. The minimum atomic E-state index is -0.00958. The van der Waals surface area contributed by atoms with Crippen molar-refractivity contribution in [3.05, 3.63) is 0 Å². The molecule has 0 aromatic carbocycles. The molecule has 1 aliphatic heterocycles. The van der Waals surface area contributed by atoms with Gasteiger partial charge < -0.3 is 10.2 Å². The van der Waals surface area contributed by atoms with Gasteiger partial charge >= 0.3 is 0 Å². The van der Waals surface area contributed by atoms with Crippen LogP contribution in [0.1, 0.15) is 52.4 Å². The van der Waals surface area contributed by atoms with Crippen molar-refractivity contribution >= 4 is 5.91 Å². The summed E-state index contributed by atoms with van der Waals surface area (Å²) in [7, 11) is 0. The summed E-state index contributed by atoms with van der Waals surface area (Å²) >= 11 is 0. The van der Waals surface area contributed by atoms with Gasteiger partial charge in [0.15, 0.2) is 0 Å². The van der Waals surface area contributed by atoms with E-state index in [2.05, 4.69) is 12.2 Å². The van der Waals surface area contributed by atoms with Gasteiger partial charge in [-0.3, -0.25) is 4.79 Å². The normalized spacial score (nSPS) is 19.2.